The molecule has 6 atom stereocenters. The van der Waals surface area contributed by atoms with Crippen molar-refractivity contribution in [1.29, 1.82) is 0 Å². The molecular weight excluding hydrogens is 654 g/mol. The summed E-state index contributed by atoms with van der Waals surface area (Å²) in [5.74, 6) is -0.943. The summed E-state index contributed by atoms with van der Waals surface area (Å²) in [6.07, 6.45) is 7.54. The number of ether oxygens (including phenoxy) is 4. The molecule has 272 valence electrons. The van der Waals surface area contributed by atoms with Gasteiger partial charge in [-0.2, -0.15) is 0 Å². The van der Waals surface area contributed by atoms with E-state index in [1.54, 1.807) is 25.3 Å². The van der Waals surface area contributed by atoms with E-state index < -0.39 is 29.9 Å². The highest BCUT2D eigenvalue weighted by molar-refractivity contribution is 6.18. The second-order valence-corrected chi connectivity index (χ2v) is 12.9. The van der Waals surface area contributed by atoms with Crippen LogP contribution in [0.2, 0.25) is 0 Å². The molecule has 6 unspecified atom stereocenters. The second kappa shape index (κ2) is 18.6. The fourth-order valence-electron chi connectivity index (χ4n) is 7.58. The average Bonchev–Trinajstić information content (AvgIpc) is 3.10. The van der Waals surface area contributed by atoms with Crippen LogP contribution in [0.15, 0.2) is 47.7 Å². The Bertz CT molecular complexity index is 1340. The summed E-state index contributed by atoms with van der Waals surface area (Å²) < 4.78 is 24.9. The molecule has 1 saturated carbocycles. The summed E-state index contributed by atoms with van der Waals surface area (Å²) in [7, 11) is 1.66. The fourth-order valence-corrected chi connectivity index (χ4v) is 7.65. The van der Waals surface area contributed by atoms with Crippen LogP contribution in [-0.4, -0.2) is 97.3 Å². The molecule has 0 bridgehead atoms. The van der Waals surface area contributed by atoms with Crippen molar-refractivity contribution in [3.63, 3.8) is 0 Å². The first-order chi connectivity index (χ1) is 23.8. The lowest BCUT2D eigenvalue weighted by molar-refractivity contribution is -0.253. The van der Waals surface area contributed by atoms with Crippen LogP contribution in [0, 0.1) is 17.8 Å². The van der Waals surface area contributed by atoms with Crippen LogP contribution in [0.3, 0.4) is 0 Å². The number of amides is 2. The number of aliphatic hydroxyl groups excluding tert-OH is 2. The smallest absolute Gasteiger partial charge is 0.412 e. The van der Waals surface area contributed by atoms with Gasteiger partial charge in [0.15, 0.2) is 0 Å². The number of nitrogens with zero attached hydrogens (tertiary/aromatic N) is 2. The van der Waals surface area contributed by atoms with Crippen LogP contribution in [-0.2, 0) is 14.3 Å². The van der Waals surface area contributed by atoms with E-state index in [2.05, 4.69) is 23.1 Å². The van der Waals surface area contributed by atoms with E-state index in [9.17, 15) is 19.8 Å². The van der Waals surface area contributed by atoms with Gasteiger partial charge in [0.1, 0.15) is 30.8 Å². The van der Waals surface area contributed by atoms with Gasteiger partial charge in [0.25, 0.3) is 0 Å². The molecule has 1 aromatic rings. The molecule has 13 heteroatoms. The third kappa shape index (κ3) is 8.71. The van der Waals surface area contributed by atoms with Gasteiger partial charge in [0.05, 0.1) is 24.1 Å². The van der Waals surface area contributed by atoms with Gasteiger partial charge >= 0.3 is 12.2 Å². The largest absolute Gasteiger partial charge is 0.459 e. The molecule has 1 fully saturated rings. The molecule has 1 aliphatic heterocycles. The summed E-state index contributed by atoms with van der Waals surface area (Å²) in [6, 6.07) is 4.63. The summed E-state index contributed by atoms with van der Waals surface area (Å²) in [6.45, 7) is 8.72. The number of halogens is 1. The Kier molecular flexibility index (Phi) is 14.6. The first kappa shape index (κ1) is 38.5. The average molecular weight is 706 g/mol. The Morgan fingerprint density at radius 2 is 1.94 bits per heavy atom. The van der Waals surface area contributed by atoms with Gasteiger partial charge in [-0.15, -0.1) is 18.2 Å². The first-order valence-electron chi connectivity index (χ1n) is 17.4. The Balaban J connectivity index is 1.99. The molecule has 1 aromatic carbocycles. The monoisotopic (exact) mass is 705 g/mol. The highest BCUT2D eigenvalue weighted by Crippen LogP contribution is 2.61. The SMILES string of the molecule is C=CCOC12Oc3ccc(OC(=O)NCC)cc3C3C(CCCCO)C(CCCCO)C=C(C(=NOCC)CC1N(C)C(=O)OCCCl)C32. The summed E-state index contributed by atoms with van der Waals surface area (Å²) in [5.41, 5.74) is 2.44. The number of unbranched alkanes of at least 4 members (excludes halogenated alkanes) is 2. The lowest BCUT2D eigenvalue weighted by Crippen LogP contribution is -2.69. The maximum atomic E-state index is 13.5. The van der Waals surface area contributed by atoms with Crippen molar-refractivity contribution in [2.75, 3.05) is 52.5 Å². The Hall–Kier alpha value is -3.32. The highest BCUT2D eigenvalue weighted by Gasteiger charge is 2.65. The zero-order chi connectivity index (χ0) is 35.4. The van der Waals surface area contributed by atoms with Crippen LogP contribution in [0.1, 0.15) is 70.3 Å². The lowest BCUT2D eigenvalue weighted by atomic mass is 9.55. The molecule has 12 nitrogen and oxygen atoms in total. The third-order valence-electron chi connectivity index (χ3n) is 9.54. The van der Waals surface area contributed by atoms with E-state index in [1.807, 2.05) is 19.9 Å². The van der Waals surface area contributed by atoms with E-state index in [-0.39, 0.29) is 56.5 Å². The van der Waals surface area contributed by atoms with Crippen LogP contribution in [0.5, 0.6) is 11.5 Å². The Morgan fingerprint density at radius 1 is 1.18 bits per heavy atom. The van der Waals surface area contributed by atoms with E-state index in [4.69, 9.17) is 35.4 Å². The van der Waals surface area contributed by atoms with Gasteiger partial charge in [-0.25, -0.2) is 9.59 Å². The minimum Gasteiger partial charge on any atom is -0.459 e. The number of aliphatic hydroxyl groups is 2. The third-order valence-corrected chi connectivity index (χ3v) is 9.69. The number of likely N-dealkylation sites (N-methyl/N-ethyl adjacent to an activating group) is 1. The van der Waals surface area contributed by atoms with Gasteiger partial charge in [-0.1, -0.05) is 30.1 Å². The van der Waals surface area contributed by atoms with E-state index >= 15 is 0 Å². The zero-order valence-electron chi connectivity index (χ0n) is 28.9. The first-order valence-corrected chi connectivity index (χ1v) is 17.9. The van der Waals surface area contributed by atoms with Crippen LogP contribution in [0.4, 0.5) is 9.59 Å². The predicted octanol–water partition coefficient (Wildman–Crippen LogP) is 5.76. The summed E-state index contributed by atoms with van der Waals surface area (Å²) in [4.78, 5) is 33.1. The second-order valence-electron chi connectivity index (χ2n) is 12.5. The Morgan fingerprint density at radius 3 is 2.61 bits per heavy atom. The van der Waals surface area contributed by atoms with Gasteiger partial charge in [-0.05, 0) is 75.1 Å². The minimum atomic E-state index is -1.40. The number of hydrogen-bond donors (Lipinski definition) is 3. The number of alkyl halides is 1. The number of benzene rings is 1. The number of fused-ring (bicyclic) bond motifs is 2. The maximum Gasteiger partial charge on any atom is 0.412 e. The molecule has 0 spiro atoms. The van der Waals surface area contributed by atoms with Crippen molar-refractivity contribution in [1.82, 2.24) is 10.2 Å². The van der Waals surface area contributed by atoms with Gasteiger partial charge in [-0.3, -0.25) is 0 Å². The number of allylic oxidation sites excluding steroid dienone is 1. The van der Waals surface area contributed by atoms with Crippen molar-refractivity contribution >= 4 is 29.5 Å². The van der Waals surface area contributed by atoms with Gasteiger partial charge in [0.2, 0.25) is 5.79 Å². The molecule has 3 N–H and O–H groups in total. The fraction of sp³-hybridized carbons (Fsp3) is 0.639. The molecular formula is C36H52ClN3O9. The molecule has 2 aliphatic carbocycles. The highest BCUT2D eigenvalue weighted by atomic mass is 35.5. The molecule has 1 heterocycles. The normalized spacial score (nSPS) is 26.0. The number of nitrogens with one attached hydrogen (secondary N) is 1. The van der Waals surface area contributed by atoms with Crippen molar-refractivity contribution in [3.05, 3.63) is 48.1 Å². The van der Waals surface area contributed by atoms with Gasteiger partial charge < -0.3 is 44.2 Å². The van der Waals surface area contributed by atoms with Crippen molar-refractivity contribution < 1.29 is 43.6 Å². The number of oxime groups is 1. The number of rotatable bonds is 18. The molecule has 4 rings (SSSR count). The summed E-state index contributed by atoms with van der Waals surface area (Å²) >= 11 is 5.87. The molecule has 0 aromatic heterocycles. The summed E-state index contributed by atoms with van der Waals surface area (Å²) in [5, 5.41) is 26.7. The van der Waals surface area contributed by atoms with Crippen molar-refractivity contribution in [3.8, 4) is 11.5 Å². The minimum absolute atomic E-state index is 0.0358. The molecule has 2 amide bonds. The van der Waals surface area contributed by atoms with Crippen molar-refractivity contribution in [2.45, 2.75) is 76.5 Å². The number of carbonyl (C=O) groups excluding carboxylic acids is 2. The predicted molar refractivity (Wildman–Crippen MR) is 186 cm³/mol. The van der Waals surface area contributed by atoms with Crippen molar-refractivity contribution in [2.24, 2.45) is 22.9 Å². The van der Waals surface area contributed by atoms with E-state index in [0.717, 1.165) is 36.8 Å². The Labute approximate surface area is 294 Å². The van der Waals surface area contributed by atoms with Crippen LogP contribution in [0.25, 0.3) is 0 Å². The number of hydrogen-bond acceptors (Lipinski definition) is 10. The van der Waals surface area contributed by atoms with E-state index in [0.29, 0.717) is 43.2 Å². The molecule has 3 aliphatic rings. The molecule has 49 heavy (non-hydrogen) atoms. The molecule has 0 radical (unpaired) electrons. The van der Waals surface area contributed by atoms with E-state index in [1.165, 1.54) is 4.90 Å². The standard InChI is InChI=1S/C36H52ClN3O9/c1-5-19-46-36-31(40(4)35(44)45-20-16-37)23-29(39-47-7-3)27-21-24(12-8-10-17-41)26(13-9-11-18-42)32(33(27)36)28-22-25(14-15-30(28)49-36)48-34(43)38-6-2/h5,14-15,21-22,24,26,31-33,41-42H,1,6-13,16-20,23H2,2-4H3,(H,38,43). The quantitative estimate of drug-likeness (QED) is 0.0751. The van der Waals surface area contributed by atoms with Crippen LogP contribution < -0.4 is 14.8 Å². The lowest BCUT2D eigenvalue weighted by Gasteiger charge is -2.59. The molecule has 0 saturated heterocycles. The zero-order valence-corrected chi connectivity index (χ0v) is 29.7. The van der Waals surface area contributed by atoms with Gasteiger partial charge in [0, 0.05) is 44.7 Å². The van der Waals surface area contributed by atoms with Crippen LogP contribution >= 0.6 is 11.6 Å². The number of carbonyl (C=O) groups is 2. The topological polar surface area (TPSA) is 148 Å². The maximum absolute atomic E-state index is 13.5.